The van der Waals surface area contributed by atoms with Crippen molar-refractivity contribution in [3.05, 3.63) is 65.9 Å². The van der Waals surface area contributed by atoms with Crippen LogP contribution in [-0.2, 0) is 19.5 Å². The van der Waals surface area contributed by atoms with E-state index >= 15 is 0 Å². The molecule has 5 rings (SSSR count). The normalized spacial score (nSPS) is 21.3. The zero-order valence-electron chi connectivity index (χ0n) is 15.2. The number of rotatable bonds is 4. The maximum atomic E-state index is 13.4. The third kappa shape index (κ3) is 3.20. The lowest BCUT2D eigenvalue weighted by atomic mass is 9.89. The molecular formula is C20H20FN5O2. The molecule has 1 N–H and O–H groups in total. The van der Waals surface area contributed by atoms with Gasteiger partial charge in [-0.3, -0.25) is 9.69 Å². The number of nitrogens with one attached hydrogen (secondary N) is 1. The standard InChI is InChI=1S/C20H20FN5O2/c21-15-3-1-4-16(8-15)22-20(27)19-24-23-18-7-13-9-25(10-14(13)11-26(18)19)12-17-5-2-6-28-17/h1-6,8,13-14H,7,9-12H2,(H,22,27)/t13-,14+/m1/s1. The van der Waals surface area contributed by atoms with Gasteiger partial charge in [0.2, 0.25) is 5.82 Å². The molecule has 3 aromatic rings. The molecule has 0 bridgehead atoms. The molecule has 1 aromatic carbocycles. The number of anilines is 1. The van der Waals surface area contributed by atoms with Gasteiger partial charge in [-0.15, -0.1) is 10.2 Å². The second-order valence-corrected chi connectivity index (χ2v) is 7.51. The third-order valence-corrected chi connectivity index (χ3v) is 5.59. The molecule has 0 aliphatic carbocycles. The Morgan fingerprint density at radius 3 is 2.89 bits per heavy atom. The first-order chi connectivity index (χ1) is 13.7. The summed E-state index contributed by atoms with van der Waals surface area (Å²) in [5.41, 5.74) is 0.404. The molecule has 2 aromatic heterocycles. The molecule has 144 valence electrons. The molecule has 8 heteroatoms. The van der Waals surface area contributed by atoms with Gasteiger partial charge in [-0.1, -0.05) is 6.07 Å². The van der Waals surface area contributed by atoms with Crippen molar-refractivity contribution in [2.75, 3.05) is 18.4 Å². The highest BCUT2D eigenvalue weighted by Gasteiger charge is 2.39. The quantitative estimate of drug-likeness (QED) is 0.752. The van der Waals surface area contributed by atoms with Crippen molar-refractivity contribution in [3.63, 3.8) is 0 Å². The number of hydrogen-bond donors (Lipinski definition) is 1. The molecule has 4 heterocycles. The van der Waals surface area contributed by atoms with Crippen LogP contribution in [0.5, 0.6) is 0 Å². The number of hydrogen-bond acceptors (Lipinski definition) is 5. The molecule has 2 aliphatic heterocycles. The first kappa shape index (κ1) is 17.1. The Kier molecular flexibility index (Phi) is 4.20. The van der Waals surface area contributed by atoms with E-state index in [-0.39, 0.29) is 11.7 Å². The Balaban J connectivity index is 1.29. The minimum absolute atomic E-state index is 0.280. The van der Waals surface area contributed by atoms with Gasteiger partial charge in [0, 0.05) is 31.7 Å². The first-order valence-corrected chi connectivity index (χ1v) is 9.39. The van der Waals surface area contributed by atoms with E-state index in [0.29, 0.717) is 24.1 Å². The largest absolute Gasteiger partial charge is 0.468 e. The summed E-state index contributed by atoms with van der Waals surface area (Å²) in [5.74, 6) is 2.27. The number of fused-ring (bicyclic) bond motifs is 2. The lowest BCUT2D eigenvalue weighted by Crippen LogP contribution is -2.31. The highest BCUT2D eigenvalue weighted by atomic mass is 19.1. The summed E-state index contributed by atoms with van der Waals surface area (Å²) in [4.78, 5) is 15.0. The minimum Gasteiger partial charge on any atom is -0.468 e. The molecule has 0 saturated carbocycles. The van der Waals surface area contributed by atoms with Gasteiger partial charge < -0.3 is 14.3 Å². The fourth-order valence-electron chi connectivity index (χ4n) is 4.29. The van der Waals surface area contributed by atoms with E-state index < -0.39 is 5.82 Å². The van der Waals surface area contributed by atoms with E-state index in [1.807, 2.05) is 16.7 Å². The summed E-state index contributed by atoms with van der Waals surface area (Å²) in [6.45, 7) is 3.46. The average molecular weight is 381 g/mol. The maximum absolute atomic E-state index is 13.4. The number of halogens is 1. The monoisotopic (exact) mass is 381 g/mol. The number of amides is 1. The minimum atomic E-state index is -0.397. The summed E-state index contributed by atoms with van der Waals surface area (Å²) < 4.78 is 20.7. The molecule has 2 atom stereocenters. The van der Waals surface area contributed by atoms with Gasteiger partial charge in [-0.25, -0.2) is 4.39 Å². The summed E-state index contributed by atoms with van der Waals surface area (Å²) in [6, 6.07) is 9.72. The SMILES string of the molecule is O=C(Nc1cccc(F)c1)c1nnc2n1C[C@@H]1CN(Cc3ccco3)C[C@H]1C2. The van der Waals surface area contributed by atoms with Crippen LogP contribution in [0.15, 0.2) is 47.1 Å². The fourth-order valence-corrected chi connectivity index (χ4v) is 4.29. The fraction of sp³-hybridized carbons (Fsp3) is 0.350. The van der Waals surface area contributed by atoms with Crippen LogP contribution in [0.2, 0.25) is 0 Å². The van der Waals surface area contributed by atoms with Crippen LogP contribution in [0.1, 0.15) is 22.2 Å². The molecule has 1 amide bonds. The summed E-state index contributed by atoms with van der Waals surface area (Å²) >= 11 is 0. The molecule has 0 unspecified atom stereocenters. The zero-order chi connectivity index (χ0) is 19.1. The number of carbonyl (C=O) groups is 1. The Morgan fingerprint density at radius 2 is 2.07 bits per heavy atom. The predicted octanol–water partition coefficient (Wildman–Crippen LogP) is 2.57. The zero-order valence-corrected chi connectivity index (χ0v) is 15.2. The number of carbonyl (C=O) groups excluding carboxylic acids is 1. The van der Waals surface area contributed by atoms with Gasteiger partial charge in [-0.05, 0) is 42.2 Å². The predicted molar refractivity (Wildman–Crippen MR) is 99.0 cm³/mol. The van der Waals surface area contributed by atoms with Crippen LogP contribution in [0.4, 0.5) is 10.1 Å². The second-order valence-electron chi connectivity index (χ2n) is 7.51. The molecule has 0 radical (unpaired) electrons. The van der Waals surface area contributed by atoms with Crippen molar-refractivity contribution in [1.82, 2.24) is 19.7 Å². The highest BCUT2D eigenvalue weighted by molar-refractivity contribution is 6.01. The van der Waals surface area contributed by atoms with E-state index in [0.717, 1.165) is 37.6 Å². The van der Waals surface area contributed by atoms with Crippen molar-refractivity contribution in [2.45, 2.75) is 19.5 Å². The van der Waals surface area contributed by atoms with Gasteiger partial charge in [-0.2, -0.15) is 0 Å². The molecule has 7 nitrogen and oxygen atoms in total. The van der Waals surface area contributed by atoms with Crippen LogP contribution in [0.3, 0.4) is 0 Å². The maximum Gasteiger partial charge on any atom is 0.293 e. The van der Waals surface area contributed by atoms with Crippen LogP contribution < -0.4 is 5.32 Å². The van der Waals surface area contributed by atoms with Crippen LogP contribution >= 0.6 is 0 Å². The molecule has 1 saturated heterocycles. The number of aromatic nitrogens is 3. The molecule has 2 aliphatic rings. The van der Waals surface area contributed by atoms with Crippen LogP contribution in [-0.4, -0.2) is 38.7 Å². The lowest BCUT2D eigenvalue weighted by molar-refractivity contribution is 0.100. The van der Waals surface area contributed by atoms with Gasteiger partial charge in [0.15, 0.2) is 0 Å². The molecular weight excluding hydrogens is 361 g/mol. The van der Waals surface area contributed by atoms with E-state index in [1.165, 1.54) is 12.1 Å². The van der Waals surface area contributed by atoms with Crippen molar-refractivity contribution >= 4 is 11.6 Å². The van der Waals surface area contributed by atoms with Crippen molar-refractivity contribution in [1.29, 1.82) is 0 Å². The Hall–Kier alpha value is -3.00. The summed E-state index contributed by atoms with van der Waals surface area (Å²) in [6.07, 6.45) is 2.50. The highest BCUT2D eigenvalue weighted by Crippen LogP contribution is 2.33. The molecule has 1 fully saturated rings. The third-order valence-electron chi connectivity index (χ3n) is 5.59. The summed E-state index contributed by atoms with van der Waals surface area (Å²) in [7, 11) is 0. The van der Waals surface area contributed by atoms with E-state index in [4.69, 9.17) is 4.42 Å². The van der Waals surface area contributed by atoms with Gasteiger partial charge in [0.05, 0.1) is 12.8 Å². The average Bonchev–Trinajstić information content (AvgIpc) is 3.39. The Bertz CT molecular complexity index is 1000. The smallest absolute Gasteiger partial charge is 0.293 e. The lowest BCUT2D eigenvalue weighted by Gasteiger charge is -2.25. The van der Waals surface area contributed by atoms with E-state index in [1.54, 1.807) is 18.4 Å². The van der Waals surface area contributed by atoms with Crippen LogP contribution in [0.25, 0.3) is 0 Å². The Labute approximate surface area is 161 Å². The Morgan fingerprint density at radius 1 is 1.18 bits per heavy atom. The number of furan rings is 1. The molecule has 0 spiro atoms. The first-order valence-electron chi connectivity index (χ1n) is 9.39. The van der Waals surface area contributed by atoms with Gasteiger partial charge in [0.25, 0.3) is 5.91 Å². The van der Waals surface area contributed by atoms with Crippen molar-refractivity contribution in [3.8, 4) is 0 Å². The topological polar surface area (TPSA) is 76.2 Å². The van der Waals surface area contributed by atoms with Crippen molar-refractivity contribution < 1.29 is 13.6 Å². The van der Waals surface area contributed by atoms with Gasteiger partial charge >= 0.3 is 0 Å². The van der Waals surface area contributed by atoms with E-state index in [2.05, 4.69) is 20.4 Å². The summed E-state index contributed by atoms with van der Waals surface area (Å²) in [5, 5.41) is 11.0. The molecule has 28 heavy (non-hydrogen) atoms. The second kappa shape index (κ2) is 6.87. The van der Waals surface area contributed by atoms with Crippen molar-refractivity contribution in [2.24, 2.45) is 11.8 Å². The number of likely N-dealkylation sites (tertiary alicyclic amines) is 1. The van der Waals surface area contributed by atoms with Gasteiger partial charge in [0.1, 0.15) is 17.4 Å². The number of nitrogens with zero attached hydrogens (tertiary/aromatic N) is 4. The van der Waals surface area contributed by atoms with Crippen LogP contribution in [0, 0.1) is 17.7 Å². The number of benzene rings is 1. The van der Waals surface area contributed by atoms with E-state index in [9.17, 15) is 9.18 Å².